The van der Waals surface area contributed by atoms with Gasteiger partial charge >= 0.3 is 0 Å². The molecular formula is C17H25NO2S. The molecule has 116 valence electrons. The number of nitrogen functional groups attached to an aromatic ring is 1. The minimum absolute atomic E-state index is 0.111. The van der Waals surface area contributed by atoms with Crippen molar-refractivity contribution >= 4 is 17.4 Å². The number of para-hydroxylation sites is 1. The Morgan fingerprint density at radius 1 is 1.29 bits per heavy atom. The molecule has 2 saturated heterocycles. The third-order valence-corrected chi connectivity index (χ3v) is 5.62. The Kier molecular flexibility index (Phi) is 5.09. The Balaban J connectivity index is 1.48. The summed E-state index contributed by atoms with van der Waals surface area (Å²) in [5, 5.41) is 0. The molecule has 0 saturated carbocycles. The van der Waals surface area contributed by atoms with Gasteiger partial charge in [0, 0.05) is 18.7 Å². The van der Waals surface area contributed by atoms with Gasteiger partial charge in [-0.2, -0.15) is 11.8 Å². The van der Waals surface area contributed by atoms with E-state index < -0.39 is 0 Å². The third kappa shape index (κ3) is 3.93. The van der Waals surface area contributed by atoms with Crippen LogP contribution in [0.2, 0.25) is 0 Å². The molecule has 0 aromatic heterocycles. The second kappa shape index (κ2) is 7.03. The minimum Gasteiger partial charge on any atom is -0.399 e. The standard InChI is InChI=1S/C17H25NO2S/c18-16-4-2-1-3-14(16)5-9-19-15-6-10-20-17(13-15)7-11-21-12-8-17/h1-4,15H,5-13,18H2. The highest BCUT2D eigenvalue weighted by Gasteiger charge is 2.39. The highest BCUT2D eigenvalue weighted by Crippen LogP contribution is 2.38. The largest absolute Gasteiger partial charge is 0.399 e. The highest BCUT2D eigenvalue weighted by molar-refractivity contribution is 7.99. The SMILES string of the molecule is Nc1ccccc1CCOC1CCOC2(CCSCC2)C1. The fraction of sp³-hybridized carbons (Fsp3) is 0.647. The summed E-state index contributed by atoms with van der Waals surface area (Å²) in [6, 6.07) is 8.05. The Bertz CT molecular complexity index is 454. The van der Waals surface area contributed by atoms with E-state index in [2.05, 4.69) is 6.07 Å². The van der Waals surface area contributed by atoms with Crippen LogP contribution in [0.15, 0.2) is 24.3 Å². The summed E-state index contributed by atoms with van der Waals surface area (Å²) in [5.74, 6) is 2.46. The third-order valence-electron chi connectivity index (χ3n) is 4.63. The van der Waals surface area contributed by atoms with Gasteiger partial charge in [0.2, 0.25) is 0 Å². The van der Waals surface area contributed by atoms with Gasteiger partial charge in [-0.15, -0.1) is 0 Å². The fourth-order valence-corrected chi connectivity index (χ4v) is 4.55. The van der Waals surface area contributed by atoms with Crippen molar-refractivity contribution in [1.82, 2.24) is 0 Å². The number of benzene rings is 1. The first kappa shape index (κ1) is 15.2. The molecule has 0 aliphatic carbocycles. The molecule has 4 heteroatoms. The maximum atomic E-state index is 6.13. The lowest BCUT2D eigenvalue weighted by molar-refractivity contribution is -0.136. The van der Waals surface area contributed by atoms with Crippen molar-refractivity contribution in [2.45, 2.75) is 43.8 Å². The predicted octanol–water partition coefficient (Wildman–Crippen LogP) is 3.27. The van der Waals surface area contributed by atoms with E-state index in [1.165, 1.54) is 29.9 Å². The van der Waals surface area contributed by atoms with E-state index in [0.29, 0.717) is 6.10 Å². The van der Waals surface area contributed by atoms with E-state index in [1.807, 2.05) is 30.0 Å². The van der Waals surface area contributed by atoms with Crippen LogP contribution in [0, 0.1) is 0 Å². The van der Waals surface area contributed by atoms with Gasteiger partial charge in [0.05, 0.1) is 18.3 Å². The van der Waals surface area contributed by atoms with Crippen LogP contribution < -0.4 is 5.73 Å². The molecule has 1 aromatic rings. The van der Waals surface area contributed by atoms with Gasteiger partial charge in [-0.1, -0.05) is 18.2 Å². The van der Waals surface area contributed by atoms with E-state index >= 15 is 0 Å². The molecule has 2 heterocycles. The predicted molar refractivity (Wildman–Crippen MR) is 88.8 cm³/mol. The molecule has 3 nitrogen and oxygen atoms in total. The Labute approximate surface area is 131 Å². The van der Waals surface area contributed by atoms with Crippen molar-refractivity contribution in [2.24, 2.45) is 0 Å². The maximum Gasteiger partial charge on any atom is 0.0723 e. The minimum atomic E-state index is 0.111. The first-order valence-corrected chi connectivity index (χ1v) is 9.10. The van der Waals surface area contributed by atoms with Gasteiger partial charge in [-0.25, -0.2) is 0 Å². The Morgan fingerprint density at radius 3 is 2.90 bits per heavy atom. The van der Waals surface area contributed by atoms with Gasteiger partial charge in [0.15, 0.2) is 0 Å². The first-order chi connectivity index (χ1) is 10.3. The number of thioether (sulfide) groups is 1. The number of ether oxygens (including phenoxy) is 2. The van der Waals surface area contributed by atoms with Crippen LogP contribution in [0.3, 0.4) is 0 Å². The molecule has 2 fully saturated rings. The van der Waals surface area contributed by atoms with Crippen LogP contribution in [0.1, 0.15) is 31.2 Å². The Hall–Kier alpha value is -0.710. The van der Waals surface area contributed by atoms with Gasteiger partial charge in [0.1, 0.15) is 0 Å². The second-order valence-electron chi connectivity index (χ2n) is 6.08. The smallest absolute Gasteiger partial charge is 0.0723 e. The zero-order valence-corrected chi connectivity index (χ0v) is 13.4. The molecule has 1 unspecified atom stereocenters. The molecule has 21 heavy (non-hydrogen) atoms. The van der Waals surface area contributed by atoms with Crippen molar-refractivity contribution in [3.63, 3.8) is 0 Å². The highest BCUT2D eigenvalue weighted by atomic mass is 32.2. The van der Waals surface area contributed by atoms with Crippen molar-refractivity contribution in [1.29, 1.82) is 0 Å². The van der Waals surface area contributed by atoms with Crippen molar-refractivity contribution < 1.29 is 9.47 Å². The van der Waals surface area contributed by atoms with E-state index in [9.17, 15) is 0 Å². The van der Waals surface area contributed by atoms with E-state index in [-0.39, 0.29) is 5.60 Å². The lowest BCUT2D eigenvalue weighted by Crippen LogP contribution is -2.45. The number of nitrogens with two attached hydrogens (primary N) is 1. The quantitative estimate of drug-likeness (QED) is 0.867. The van der Waals surface area contributed by atoms with Crippen LogP contribution >= 0.6 is 11.8 Å². The van der Waals surface area contributed by atoms with Crippen LogP contribution in [0.5, 0.6) is 0 Å². The molecular weight excluding hydrogens is 282 g/mol. The molecule has 2 aliphatic rings. The van der Waals surface area contributed by atoms with Gasteiger partial charge < -0.3 is 15.2 Å². The normalized spacial score (nSPS) is 25.0. The van der Waals surface area contributed by atoms with Crippen molar-refractivity contribution in [3.05, 3.63) is 29.8 Å². The van der Waals surface area contributed by atoms with E-state index in [4.69, 9.17) is 15.2 Å². The summed E-state index contributed by atoms with van der Waals surface area (Å²) in [6.07, 6.45) is 5.71. The number of anilines is 1. The van der Waals surface area contributed by atoms with Crippen LogP contribution in [0.4, 0.5) is 5.69 Å². The van der Waals surface area contributed by atoms with E-state index in [1.54, 1.807) is 0 Å². The summed E-state index contributed by atoms with van der Waals surface area (Å²) in [6.45, 7) is 1.60. The van der Waals surface area contributed by atoms with Crippen molar-refractivity contribution in [3.8, 4) is 0 Å². The average Bonchev–Trinajstić information content (AvgIpc) is 2.50. The number of rotatable bonds is 4. The van der Waals surface area contributed by atoms with Crippen LogP contribution in [-0.2, 0) is 15.9 Å². The topological polar surface area (TPSA) is 44.5 Å². The van der Waals surface area contributed by atoms with Crippen molar-refractivity contribution in [2.75, 3.05) is 30.5 Å². The van der Waals surface area contributed by atoms with E-state index in [0.717, 1.165) is 38.2 Å². The lowest BCUT2D eigenvalue weighted by atomic mass is 9.86. The summed E-state index contributed by atoms with van der Waals surface area (Å²) >= 11 is 2.05. The van der Waals surface area contributed by atoms with Crippen LogP contribution in [-0.4, -0.2) is 36.4 Å². The monoisotopic (exact) mass is 307 g/mol. The lowest BCUT2D eigenvalue weighted by Gasteiger charge is -2.43. The van der Waals surface area contributed by atoms with Gasteiger partial charge in [-0.3, -0.25) is 0 Å². The molecule has 2 aliphatic heterocycles. The summed E-state index contributed by atoms with van der Waals surface area (Å²) in [7, 11) is 0. The van der Waals surface area contributed by atoms with Crippen LogP contribution in [0.25, 0.3) is 0 Å². The second-order valence-corrected chi connectivity index (χ2v) is 7.30. The molecule has 3 rings (SSSR count). The number of hydrogen-bond donors (Lipinski definition) is 1. The number of hydrogen-bond acceptors (Lipinski definition) is 4. The molecule has 2 N–H and O–H groups in total. The maximum absolute atomic E-state index is 6.13. The molecule has 0 amide bonds. The zero-order chi connectivity index (χ0) is 14.5. The molecule has 1 aromatic carbocycles. The summed E-state index contributed by atoms with van der Waals surface area (Å²) < 4.78 is 12.2. The first-order valence-electron chi connectivity index (χ1n) is 7.94. The molecule has 1 atom stereocenters. The molecule has 0 radical (unpaired) electrons. The molecule has 1 spiro atoms. The molecule has 0 bridgehead atoms. The summed E-state index contributed by atoms with van der Waals surface area (Å²) in [5.41, 5.74) is 8.14. The zero-order valence-electron chi connectivity index (χ0n) is 12.6. The fourth-order valence-electron chi connectivity index (χ4n) is 3.31. The van der Waals surface area contributed by atoms with Gasteiger partial charge in [0.25, 0.3) is 0 Å². The summed E-state index contributed by atoms with van der Waals surface area (Å²) in [4.78, 5) is 0. The average molecular weight is 307 g/mol. The van der Waals surface area contributed by atoms with Gasteiger partial charge in [-0.05, 0) is 48.8 Å². The Morgan fingerprint density at radius 2 is 2.10 bits per heavy atom.